The molecule has 0 aliphatic carbocycles. The highest BCUT2D eigenvalue weighted by molar-refractivity contribution is 7.90. The molecular formula is C20H18F3N3O6S. The number of nitrogens with zero attached hydrogens (tertiary/aromatic N) is 2. The SMILES string of the molecule is COc1cc(-c2cc(C(N)=O)n(S(=O)(=O)c3ccc(C(F)(F)F)cc3)n2)cc(OC)c1OC. The number of rotatable bonds is 7. The van der Waals surface area contributed by atoms with Crippen molar-refractivity contribution in [2.45, 2.75) is 11.1 Å². The molecule has 0 fully saturated rings. The smallest absolute Gasteiger partial charge is 0.416 e. The molecule has 0 saturated heterocycles. The quantitative estimate of drug-likeness (QED) is 0.546. The molecule has 0 aliphatic heterocycles. The number of methoxy groups -OCH3 is 3. The maximum atomic E-state index is 13.1. The molecule has 3 aromatic rings. The van der Waals surface area contributed by atoms with Gasteiger partial charge in [-0.2, -0.15) is 26.7 Å². The van der Waals surface area contributed by atoms with Crippen LogP contribution in [0.3, 0.4) is 0 Å². The number of nitrogens with two attached hydrogens (primary N) is 1. The third-order valence-corrected chi connectivity index (χ3v) is 6.20. The van der Waals surface area contributed by atoms with Crippen LogP contribution in [-0.4, -0.2) is 44.8 Å². The highest BCUT2D eigenvalue weighted by Crippen LogP contribution is 2.41. The van der Waals surface area contributed by atoms with Gasteiger partial charge in [-0.05, 0) is 42.5 Å². The molecule has 0 radical (unpaired) electrons. The Balaban J connectivity index is 2.16. The van der Waals surface area contributed by atoms with Gasteiger partial charge < -0.3 is 19.9 Å². The molecule has 0 aliphatic rings. The second kappa shape index (κ2) is 8.65. The van der Waals surface area contributed by atoms with Gasteiger partial charge in [0, 0.05) is 5.56 Å². The minimum atomic E-state index is -4.65. The van der Waals surface area contributed by atoms with Crippen molar-refractivity contribution in [1.82, 2.24) is 9.19 Å². The van der Waals surface area contributed by atoms with Crippen molar-refractivity contribution in [2.75, 3.05) is 21.3 Å². The molecule has 0 atom stereocenters. The van der Waals surface area contributed by atoms with Crippen LogP contribution in [-0.2, 0) is 16.2 Å². The second-order valence-corrected chi connectivity index (χ2v) is 8.33. The van der Waals surface area contributed by atoms with Gasteiger partial charge in [-0.25, -0.2) is 0 Å². The molecule has 1 heterocycles. The van der Waals surface area contributed by atoms with Crippen LogP contribution < -0.4 is 19.9 Å². The van der Waals surface area contributed by atoms with E-state index in [9.17, 15) is 26.4 Å². The van der Waals surface area contributed by atoms with Crippen LogP contribution in [0.4, 0.5) is 13.2 Å². The average Bonchev–Trinajstić information content (AvgIpc) is 3.24. The zero-order valence-corrected chi connectivity index (χ0v) is 18.3. The predicted octanol–water partition coefficient (Wildman–Crippen LogP) is 2.93. The third kappa shape index (κ3) is 4.44. The number of hydrogen-bond acceptors (Lipinski definition) is 7. The van der Waals surface area contributed by atoms with E-state index in [-0.39, 0.29) is 22.9 Å². The summed E-state index contributed by atoms with van der Waals surface area (Å²) in [5, 5.41) is 3.98. The number of hydrogen-bond donors (Lipinski definition) is 1. The van der Waals surface area contributed by atoms with Crippen LogP contribution in [0.25, 0.3) is 11.3 Å². The summed E-state index contributed by atoms with van der Waals surface area (Å²) >= 11 is 0. The van der Waals surface area contributed by atoms with E-state index in [1.165, 1.54) is 33.5 Å². The monoisotopic (exact) mass is 485 g/mol. The Kier molecular flexibility index (Phi) is 6.27. The Morgan fingerprint density at radius 2 is 1.52 bits per heavy atom. The summed E-state index contributed by atoms with van der Waals surface area (Å²) in [6.45, 7) is 0. The van der Waals surface area contributed by atoms with Gasteiger partial charge in [0.2, 0.25) is 5.75 Å². The first-order valence-electron chi connectivity index (χ1n) is 9.07. The van der Waals surface area contributed by atoms with Crippen molar-refractivity contribution in [3.63, 3.8) is 0 Å². The molecule has 0 saturated carbocycles. The fourth-order valence-corrected chi connectivity index (χ4v) is 4.28. The summed E-state index contributed by atoms with van der Waals surface area (Å²) in [6, 6.07) is 6.84. The third-order valence-electron chi connectivity index (χ3n) is 4.60. The normalized spacial score (nSPS) is 11.8. The molecule has 13 heteroatoms. The topological polar surface area (TPSA) is 123 Å². The Hall–Kier alpha value is -3.74. The molecule has 2 N–H and O–H groups in total. The van der Waals surface area contributed by atoms with E-state index in [1.54, 1.807) is 0 Å². The molecule has 0 spiro atoms. The predicted molar refractivity (Wildman–Crippen MR) is 110 cm³/mol. The van der Waals surface area contributed by atoms with Gasteiger partial charge in [-0.15, -0.1) is 4.09 Å². The lowest BCUT2D eigenvalue weighted by Gasteiger charge is -2.13. The maximum Gasteiger partial charge on any atom is 0.416 e. The molecule has 1 aromatic heterocycles. The lowest BCUT2D eigenvalue weighted by atomic mass is 10.1. The Morgan fingerprint density at radius 1 is 0.970 bits per heavy atom. The summed E-state index contributed by atoms with van der Waals surface area (Å²) in [5.74, 6) is -0.354. The van der Waals surface area contributed by atoms with Gasteiger partial charge in [0.25, 0.3) is 15.9 Å². The van der Waals surface area contributed by atoms with Crippen LogP contribution in [0, 0.1) is 0 Å². The highest BCUT2D eigenvalue weighted by atomic mass is 32.2. The van der Waals surface area contributed by atoms with Gasteiger partial charge in [0.05, 0.1) is 37.5 Å². The lowest BCUT2D eigenvalue weighted by molar-refractivity contribution is -0.137. The van der Waals surface area contributed by atoms with E-state index < -0.39 is 38.3 Å². The molecule has 3 rings (SSSR count). The van der Waals surface area contributed by atoms with Crippen LogP contribution in [0.15, 0.2) is 47.4 Å². The average molecular weight is 485 g/mol. The van der Waals surface area contributed by atoms with E-state index in [1.807, 2.05) is 0 Å². The van der Waals surface area contributed by atoms with Gasteiger partial charge >= 0.3 is 6.18 Å². The maximum absolute atomic E-state index is 13.1. The van der Waals surface area contributed by atoms with Crippen molar-refractivity contribution < 1.29 is 40.6 Å². The van der Waals surface area contributed by atoms with Crippen LogP contribution in [0.2, 0.25) is 0 Å². The van der Waals surface area contributed by atoms with Crippen LogP contribution >= 0.6 is 0 Å². The number of amides is 1. The minimum Gasteiger partial charge on any atom is -0.493 e. The van der Waals surface area contributed by atoms with Gasteiger partial charge in [0.1, 0.15) is 5.69 Å². The van der Waals surface area contributed by atoms with Crippen LogP contribution in [0.5, 0.6) is 17.2 Å². The van der Waals surface area contributed by atoms with Gasteiger partial charge in [-0.1, -0.05) is 0 Å². The molecule has 0 unspecified atom stereocenters. The Labute approximate surface area is 186 Å². The second-order valence-electron chi connectivity index (χ2n) is 6.56. The zero-order valence-electron chi connectivity index (χ0n) is 17.5. The summed E-state index contributed by atoms with van der Waals surface area (Å²) in [7, 11) is -0.402. The summed E-state index contributed by atoms with van der Waals surface area (Å²) in [4.78, 5) is 11.4. The number of primary amides is 1. The summed E-state index contributed by atoms with van der Waals surface area (Å²) in [6.07, 6.45) is -4.65. The van der Waals surface area contributed by atoms with E-state index in [2.05, 4.69) is 5.10 Å². The van der Waals surface area contributed by atoms with Gasteiger partial charge in [0.15, 0.2) is 11.5 Å². The number of ether oxygens (including phenoxy) is 3. The first-order valence-corrected chi connectivity index (χ1v) is 10.5. The molecule has 2 aromatic carbocycles. The molecule has 176 valence electrons. The summed E-state index contributed by atoms with van der Waals surface area (Å²) < 4.78 is 80.7. The van der Waals surface area contributed by atoms with Gasteiger partial charge in [-0.3, -0.25) is 4.79 Å². The number of carbonyl (C=O) groups is 1. The standard InChI is InChI=1S/C20H18F3N3O6S/c1-30-16-8-11(9-17(31-2)18(16)32-3)14-10-15(19(24)27)26(25-14)33(28,29)13-6-4-12(5-7-13)20(21,22)23/h4-10H,1-3H3,(H2,24,27). The number of halogens is 3. The minimum absolute atomic E-state index is 0.0125. The number of alkyl halides is 3. The van der Waals surface area contributed by atoms with Crippen molar-refractivity contribution in [1.29, 1.82) is 0 Å². The Bertz CT molecular complexity index is 1280. The number of benzene rings is 2. The largest absolute Gasteiger partial charge is 0.493 e. The molecule has 9 nitrogen and oxygen atoms in total. The van der Waals surface area contributed by atoms with Crippen molar-refractivity contribution in [3.05, 3.63) is 53.7 Å². The number of carbonyl (C=O) groups excluding carboxylic acids is 1. The summed E-state index contributed by atoms with van der Waals surface area (Å²) in [5.41, 5.74) is 4.12. The van der Waals surface area contributed by atoms with E-state index in [4.69, 9.17) is 19.9 Å². The first-order chi connectivity index (χ1) is 15.4. The number of aromatic nitrogens is 2. The molecule has 33 heavy (non-hydrogen) atoms. The molecule has 0 bridgehead atoms. The van der Waals surface area contributed by atoms with E-state index >= 15 is 0 Å². The fraction of sp³-hybridized carbons (Fsp3) is 0.200. The van der Waals surface area contributed by atoms with E-state index in [0.29, 0.717) is 21.8 Å². The fourth-order valence-electron chi connectivity index (χ4n) is 3.00. The van der Waals surface area contributed by atoms with Crippen molar-refractivity contribution in [3.8, 4) is 28.5 Å². The van der Waals surface area contributed by atoms with E-state index in [0.717, 1.165) is 18.2 Å². The highest BCUT2D eigenvalue weighted by Gasteiger charge is 2.32. The zero-order chi connectivity index (χ0) is 24.6. The molecule has 1 amide bonds. The Morgan fingerprint density at radius 3 is 1.94 bits per heavy atom. The first kappa shape index (κ1) is 23.9. The van der Waals surface area contributed by atoms with Crippen molar-refractivity contribution >= 4 is 15.9 Å². The van der Waals surface area contributed by atoms with Crippen LogP contribution in [0.1, 0.15) is 16.1 Å². The van der Waals surface area contributed by atoms with Crippen molar-refractivity contribution in [2.24, 2.45) is 5.73 Å². The lowest BCUT2D eigenvalue weighted by Crippen LogP contribution is -2.23. The molecular weight excluding hydrogens is 467 g/mol.